The lowest BCUT2D eigenvalue weighted by Crippen LogP contribution is -2.08. The summed E-state index contributed by atoms with van der Waals surface area (Å²) in [6, 6.07) is 15.0. The summed E-state index contributed by atoms with van der Waals surface area (Å²) in [4.78, 5) is 7.70. The van der Waals surface area contributed by atoms with Crippen LogP contribution in [0.4, 0.5) is 13.2 Å². The Morgan fingerprint density at radius 1 is 0.844 bits per heavy atom. The van der Waals surface area contributed by atoms with E-state index in [1.54, 1.807) is 13.2 Å². The predicted octanol–water partition coefficient (Wildman–Crippen LogP) is 7.66. The number of nitrogens with zero attached hydrogens (tertiary/aromatic N) is 2. The molecule has 2 aromatic heterocycles. The van der Waals surface area contributed by atoms with Crippen LogP contribution in [0, 0.1) is 0 Å². The molecule has 1 aromatic carbocycles. The van der Waals surface area contributed by atoms with Gasteiger partial charge >= 0.3 is 6.18 Å². The van der Waals surface area contributed by atoms with Crippen molar-refractivity contribution in [3.8, 4) is 5.75 Å². The van der Waals surface area contributed by atoms with Gasteiger partial charge in [0.2, 0.25) is 0 Å². The summed E-state index contributed by atoms with van der Waals surface area (Å²) in [6.07, 6.45) is -0.451. The minimum atomic E-state index is -4.34. The molecule has 0 aliphatic rings. The molecule has 174 valence electrons. The highest BCUT2D eigenvalue weighted by Gasteiger charge is 2.32. The molecule has 0 amide bonds. The van der Waals surface area contributed by atoms with Gasteiger partial charge in [-0.05, 0) is 53.3 Å². The Morgan fingerprint density at radius 3 is 1.97 bits per heavy atom. The lowest BCUT2D eigenvalue weighted by atomic mass is 10.0. The van der Waals surface area contributed by atoms with Crippen molar-refractivity contribution >= 4 is 0 Å². The first kappa shape index (κ1) is 27.1. The molecule has 0 bridgehead atoms. The number of pyridine rings is 2. The van der Waals surface area contributed by atoms with Crippen LogP contribution in [0.25, 0.3) is 0 Å². The van der Waals surface area contributed by atoms with Crippen LogP contribution < -0.4 is 4.74 Å². The Hall–Kier alpha value is -2.89. The zero-order valence-electron chi connectivity index (χ0n) is 18.6. The molecule has 0 spiro atoms. The normalized spacial score (nSPS) is 10.9. The van der Waals surface area contributed by atoms with Crippen molar-refractivity contribution < 1.29 is 17.9 Å². The predicted molar refractivity (Wildman–Crippen MR) is 124 cm³/mol. The van der Waals surface area contributed by atoms with Crippen molar-refractivity contribution in [1.82, 2.24) is 9.97 Å². The van der Waals surface area contributed by atoms with Crippen LogP contribution in [0.3, 0.4) is 0 Å². The molecule has 3 rings (SSSR count). The van der Waals surface area contributed by atoms with Crippen molar-refractivity contribution in [2.24, 2.45) is 0 Å². The number of aromatic nitrogens is 2. The minimum absolute atomic E-state index is 0. The zero-order chi connectivity index (χ0) is 23.0. The van der Waals surface area contributed by atoms with Crippen molar-refractivity contribution in [3.63, 3.8) is 0 Å². The second-order valence-corrected chi connectivity index (χ2v) is 7.85. The molecule has 3 aromatic rings. The molecule has 0 aliphatic heterocycles. The number of hydrogen-bond donors (Lipinski definition) is 0. The maximum absolute atomic E-state index is 12.2. The van der Waals surface area contributed by atoms with Gasteiger partial charge in [-0.15, -0.1) is 0 Å². The van der Waals surface area contributed by atoms with Gasteiger partial charge in [-0.2, -0.15) is 13.2 Å². The number of hydrogen-bond acceptors (Lipinski definition) is 3. The highest BCUT2D eigenvalue weighted by molar-refractivity contribution is 5.36. The van der Waals surface area contributed by atoms with E-state index in [-0.39, 0.29) is 13.3 Å². The third-order valence-electron chi connectivity index (χ3n) is 4.81. The lowest BCUT2D eigenvalue weighted by Gasteiger charge is -2.10. The number of ether oxygens (including phenoxy) is 1. The summed E-state index contributed by atoms with van der Waals surface area (Å²) in [7, 11) is 1.71. The van der Waals surface area contributed by atoms with Gasteiger partial charge in [-0.3, -0.25) is 9.97 Å². The van der Waals surface area contributed by atoms with Gasteiger partial charge in [-0.25, -0.2) is 0 Å². The Bertz CT molecular complexity index is 969. The van der Waals surface area contributed by atoms with Gasteiger partial charge in [-0.1, -0.05) is 53.3 Å². The van der Waals surface area contributed by atoms with Crippen molar-refractivity contribution in [2.45, 2.75) is 59.6 Å². The Kier molecular flexibility index (Phi) is 10.4. The van der Waals surface area contributed by atoms with E-state index >= 15 is 0 Å². The maximum atomic E-state index is 12.2. The standard InChI is InChI=1S/C16H19NO.C9H10F3N.CH4/c1-12(2)13-8-9-17-15(10-13)11-14-6-4-5-7-16(14)18-3;1-6(2)7-3-4-13-8(5-7)9(10,11)12;/h4-10,12H,11H2,1-3H3;3-6H,1-2H3;1H4. The number of alkyl halides is 3. The zero-order valence-corrected chi connectivity index (χ0v) is 18.6. The third-order valence-corrected chi connectivity index (χ3v) is 4.81. The number of rotatable bonds is 5. The third kappa shape index (κ3) is 7.98. The van der Waals surface area contributed by atoms with E-state index in [0.717, 1.165) is 23.9 Å². The number of halogens is 3. The van der Waals surface area contributed by atoms with Crippen LogP contribution in [0.5, 0.6) is 5.75 Å². The second-order valence-electron chi connectivity index (χ2n) is 7.85. The molecule has 6 heteroatoms. The average molecular weight is 447 g/mol. The molecular weight excluding hydrogens is 413 g/mol. The average Bonchev–Trinajstić information content (AvgIpc) is 2.74. The summed E-state index contributed by atoms with van der Waals surface area (Å²) < 4.78 is 41.9. The first-order valence-electron chi connectivity index (χ1n) is 10.2. The summed E-state index contributed by atoms with van der Waals surface area (Å²) in [5, 5.41) is 0. The molecule has 0 N–H and O–H groups in total. The summed E-state index contributed by atoms with van der Waals surface area (Å²) in [5.41, 5.74) is 3.43. The molecule has 0 atom stereocenters. The minimum Gasteiger partial charge on any atom is -0.496 e. The number of methoxy groups -OCH3 is 1. The van der Waals surface area contributed by atoms with E-state index in [1.807, 2.05) is 38.2 Å². The molecular formula is C26H33F3N2O. The van der Waals surface area contributed by atoms with Gasteiger partial charge in [0.1, 0.15) is 11.4 Å². The van der Waals surface area contributed by atoms with Crippen LogP contribution in [0.1, 0.15) is 75.0 Å². The van der Waals surface area contributed by atoms with Crippen molar-refractivity contribution in [2.75, 3.05) is 7.11 Å². The Morgan fingerprint density at radius 2 is 1.41 bits per heavy atom. The smallest absolute Gasteiger partial charge is 0.433 e. The largest absolute Gasteiger partial charge is 0.496 e. The summed E-state index contributed by atoms with van der Waals surface area (Å²) in [5.74, 6) is 1.54. The SMILES string of the molecule is C.CC(C)c1ccnc(C(F)(F)F)c1.COc1ccccc1Cc1cc(C(C)C)ccn1. The molecule has 0 aliphatic carbocycles. The second kappa shape index (κ2) is 12.2. The van der Waals surface area contributed by atoms with Crippen LogP contribution >= 0.6 is 0 Å². The molecule has 2 heterocycles. The van der Waals surface area contributed by atoms with Gasteiger partial charge in [0.15, 0.2) is 0 Å². The van der Waals surface area contributed by atoms with E-state index in [9.17, 15) is 13.2 Å². The van der Waals surface area contributed by atoms with E-state index < -0.39 is 11.9 Å². The van der Waals surface area contributed by atoms with Gasteiger partial charge in [0.05, 0.1) is 7.11 Å². The van der Waals surface area contributed by atoms with Crippen molar-refractivity contribution in [1.29, 1.82) is 0 Å². The quantitative estimate of drug-likeness (QED) is 0.403. The van der Waals surface area contributed by atoms with Gasteiger partial charge in [0, 0.05) is 30.1 Å². The van der Waals surface area contributed by atoms with E-state index in [2.05, 4.69) is 42.0 Å². The maximum Gasteiger partial charge on any atom is 0.433 e. The van der Waals surface area contributed by atoms with E-state index in [0.29, 0.717) is 11.5 Å². The highest BCUT2D eigenvalue weighted by atomic mass is 19.4. The van der Waals surface area contributed by atoms with Crippen LogP contribution in [-0.2, 0) is 12.6 Å². The Balaban J connectivity index is 0.000000327. The van der Waals surface area contributed by atoms with Crippen LogP contribution in [0.15, 0.2) is 60.9 Å². The van der Waals surface area contributed by atoms with Crippen LogP contribution in [-0.4, -0.2) is 17.1 Å². The molecule has 0 radical (unpaired) electrons. The van der Waals surface area contributed by atoms with E-state index in [4.69, 9.17) is 4.74 Å². The van der Waals surface area contributed by atoms with Gasteiger partial charge < -0.3 is 4.74 Å². The summed E-state index contributed by atoms with van der Waals surface area (Å²) in [6.45, 7) is 8.08. The van der Waals surface area contributed by atoms with Crippen molar-refractivity contribution in [3.05, 3.63) is 89.0 Å². The molecule has 0 saturated carbocycles. The topological polar surface area (TPSA) is 35.0 Å². The fraction of sp³-hybridized carbons (Fsp3) is 0.385. The van der Waals surface area contributed by atoms with Crippen LogP contribution in [0.2, 0.25) is 0 Å². The number of para-hydroxylation sites is 1. The first-order chi connectivity index (χ1) is 14.6. The van der Waals surface area contributed by atoms with Gasteiger partial charge in [0.25, 0.3) is 0 Å². The monoisotopic (exact) mass is 446 g/mol. The Labute approximate surface area is 189 Å². The fourth-order valence-electron chi connectivity index (χ4n) is 2.96. The fourth-order valence-corrected chi connectivity index (χ4v) is 2.96. The molecule has 0 fully saturated rings. The molecule has 3 nitrogen and oxygen atoms in total. The lowest BCUT2D eigenvalue weighted by molar-refractivity contribution is -0.141. The first-order valence-corrected chi connectivity index (χ1v) is 10.2. The number of benzene rings is 1. The molecule has 32 heavy (non-hydrogen) atoms. The van der Waals surface area contributed by atoms with E-state index in [1.165, 1.54) is 17.3 Å². The highest BCUT2D eigenvalue weighted by Crippen LogP contribution is 2.29. The molecule has 0 saturated heterocycles. The molecule has 0 unspecified atom stereocenters. The summed E-state index contributed by atoms with van der Waals surface area (Å²) >= 11 is 0.